The van der Waals surface area contributed by atoms with E-state index < -0.39 is 5.60 Å². The minimum Gasteiger partial charge on any atom is -0.389 e. The molecule has 1 aromatic heterocycles. The van der Waals surface area contributed by atoms with Crippen LogP contribution in [0.3, 0.4) is 0 Å². The molecule has 1 aliphatic rings. The molecule has 0 bridgehead atoms. The second kappa shape index (κ2) is 4.42. The molecule has 17 heavy (non-hydrogen) atoms. The molecule has 0 aliphatic carbocycles. The SMILES string of the molecule is C[C@@H]1CN(c2cc(Cl)ncn2)C[C@H](C)C1(C)O. The summed E-state index contributed by atoms with van der Waals surface area (Å²) in [5.41, 5.74) is -0.618. The van der Waals surface area contributed by atoms with E-state index >= 15 is 0 Å². The zero-order valence-electron chi connectivity index (χ0n) is 10.4. The minimum atomic E-state index is -0.618. The van der Waals surface area contributed by atoms with Crippen molar-refractivity contribution in [2.45, 2.75) is 26.4 Å². The van der Waals surface area contributed by atoms with Gasteiger partial charge in [-0.2, -0.15) is 0 Å². The van der Waals surface area contributed by atoms with Crippen molar-refractivity contribution in [3.63, 3.8) is 0 Å². The van der Waals surface area contributed by atoms with Crippen LogP contribution in [0.2, 0.25) is 5.15 Å². The number of anilines is 1. The number of hydrogen-bond donors (Lipinski definition) is 1. The highest BCUT2D eigenvalue weighted by Gasteiger charge is 2.40. The Morgan fingerprint density at radius 2 is 1.94 bits per heavy atom. The van der Waals surface area contributed by atoms with Crippen molar-refractivity contribution in [1.29, 1.82) is 0 Å². The van der Waals surface area contributed by atoms with Crippen LogP contribution in [0.4, 0.5) is 5.82 Å². The van der Waals surface area contributed by atoms with Crippen molar-refractivity contribution >= 4 is 17.4 Å². The highest BCUT2D eigenvalue weighted by molar-refractivity contribution is 6.29. The van der Waals surface area contributed by atoms with Crippen molar-refractivity contribution in [3.8, 4) is 0 Å². The van der Waals surface area contributed by atoms with Gasteiger partial charge >= 0.3 is 0 Å². The standard InChI is InChI=1S/C12H18ClN3O/c1-8-5-16(6-9(2)12(8,3)17)11-4-10(13)14-7-15-11/h4,7-9,17H,5-6H2,1-3H3/t8-,9+,12?. The Hall–Kier alpha value is -0.870. The minimum absolute atomic E-state index is 0.194. The van der Waals surface area contributed by atoms with Crippen molar-refractivity contribution in [2.75, 3.05) is 18.0 Å². The number of hydrogen-bond acceptors (Lipinski definition) is 4. The Labute approximate surface area is 107 Å². The van der Waals surface area contributed by atoms with Crippen LogP contribution in [0, 0.1) is 11.8 Å². The third-order valence-corrected chi connectivity index (χ3v) is 4.13. The topological polar surface area (TPSA) is 49.2 Å². The zero-order valence-corrected chi connectivity index (χ0v) is 11.1. The average molecular weight is 256 g/mol. The number of piperidine rings is 1. The van der Waals surface area contributed by atoms with Crippen molar-refractivity contribution in [2.24, 2.45) is 11.8 Å². The summed E-state index contributed by atoms with van der Waals surface area (Å²) in [4.78, 5) is 10.3. The van der Waals surface area contributed by atoms with E-state index in [1.807, 2.05) is 6.92 Å². The molecule has 1 fully saturated rings. The third kappa shape index (κ3) is 2.38. The van der Waals surface area contributed by atoms with Gasteiger partial charge in [-0.05, 0) is 6.92 Å². The van der Waals surface area contributed by atoms with Gasteiger partial charge in [0, 0.05) is 31.0 Å². The normalized spacial score (nSPS) is 33.8. The summed E-state index contributed by atoms with van der Waals surface area (Å²) in [6.07, 6.45) is 1.47. The number of rotatable bonds is 1. The van der Waals surface area contributed by atoms with Crippen LogP contribution in [-0.2, 0) is 0 Å². The van der Waals surface area contributed by atoms with Gasteiger partial charge in [-0.1, -0.05) is 25.4 Å². The maximum atomic E-state index is 10.3. The highest BCUT2D eigenvalue weighted by Crippen LogP contribution is 2.33. The van der Waals surface area contributed by atoms with Crippen LogP contribution in [0.25, 0.3) is 0 Å². The van der Waals surface area contributed by atoms with Gasteiger partial charge in [0.2, 0.25) is 0 Å². The van der Waals surface area contributed by atoms with E-state index in [2.05, 4.69) is 28.7 Å². The summed E-state index contributed by atoms with van der Waals surface area (Å²) in [6.45, 7) is 7.60. The average Bonchev–Trinajstić information content (AvgIpc) is 2.26. The first-order valence-electron chi connectivity index (χ1n) is 5.86. The molecule has 0 saturated carbocycles. The second-order valence-electron chi connectivity index (χ2n) is 5.13. The van der Waals surface area contributed by atoms with E-state index in [1.54, 1.807) is 6.07 Å². The quantitative estimate of drug-likeness (QED) is 0.780. The van der Waals surface area contributed by atoms with Crippen molar-refractivity contribution in [1.82, 2.24) is 9.97 Å². The largest absolute Gasteiger partial charge is 0.389 e. The molecule has 1 saturated heterocycles. The fraction of sp³-hybridized carbons (Fsp3) is 0.667. The molecule has 1 unspecified atom stereocenters. The fourth-order valence-corrected chi connectivity index (χ4v) is 2.42. The molecule has 94 valence electrons. The van der Waals surface area contributed by atoms with E-state index in [1.165, 1.54) is 6.33 Å². The van der Waals surface area contributed by atoms with Gasteiger partial charge in [-0.15, -0.1) is 0 Å². The van der Waals surface area contributed by atoms with Crippen LogP contribution in [0.5, 0.6) is 0 Å². The van der Waals surface area contributed by atoms with E-state index in [4.69, 9.17) is 11.6 Å². The molecule has 1 aliphatic heterocycles. The molecule has 5 heteroatoms. The molecule has 1 aromatic rings. The van der Waals surface area contributed by atoms with Crippen LogP contribution in [-0.4, -0.2) is 33.8 Å². The summed E-state index contributed by atoms with van der Waals surface area (Å²) in [6, 6.07) is 1.76. The van der Waals surface area contributed by atoms with Crippen LogP contribution >= 0.6 is 11.6 Å². The highest BCUT2D eigenvalue weighted by atomic mass is 35.5. The summed E-state index contributed by atoms with van der Waals surface area (Å²) < 4.78 is 0. The Morgan fingerprint density at radius 1 is 1.35 bits per heavy atom. The smallest absolute Gasteiger partial charge is 0.134 e. The lowest BCUT2D eigenvalue weighted by atomic mass is 9.76. The Balaban J connectivity index is 2.20. The molecule has 3 atom stereocenters. The van der Waals surface area contributed by atoms with E-state index in [-0.39, 0.29) is 11.8 Å². The molecule has 4 nitrogen and oxygen atoms in total. The predicted molar refractivity (Wildman–Crippen MR) is 68.2 cm³/mol. The fourth-order valence-electron chi connectivity index (χ4n) is 2.28. The third-order valence-electron chi connectivity index (χ3n) is 3.93. The molecule has 0 amide bonds. The first-order chi connectivity index (χ1) is 7.91. The van der Waals surface area contributed by atoms with E-state index in [0.29, 0.717) is 5.15 Å². The van der Waals surface area contributed by atoms with Gasteiger partial charge in [-0.25, -0.2) is 9.97 Å². The van der Waals surface area contributed by atoms with Crippen molar-refractivity contribution < 1.29 is 5.11 Å². The molecular weight excluding hydrogens is 238 g/mol. The van der Waals surface area contributed by atoms with Crippen molar-refractivity contribution in [3.05, 3.63) is 17.5 Å². The van der Waals surface area contributed by atoms with Crippen LogP contribution in [0.15, 0.2) is 12.4 Å². The monoisotopic (exact) mass is 255 g/mol. The summed E-state index contributed by atoms with van der Waals surface area (Å²) in [5.74, 6) is 1.22. The van der Waals surface area contributed by atoms with Gasteiger partial charge in [0.15, 0.2) is 0 Å². The Morgan fingerprint density at radius 3 is 2.47 bits per heavy atom. The molecule has 2 rings (SSSR count). The maximum Gasteiger partial charge on any atom is 0.134 e. The first-order valence-corrected chi connectivity index (χ1v) is 6.24. The van der Waals surface area contributed by atoms with Gasteiger partial charge < -0.3 is 10.0 Å². The zero-order chi connectivity index (χ0) is 12.6. The van der Waals surface area contributed by atoms with Crippen LogP contribution < -0.4 is 4.90 Å². The number of halogens is 1. The first kappa shape index (κ1) is 12.6. The molecule has 2 heterocycles. The van der Waals surface area contributed by atoms with Crippen LogP contribution in [0.1, 0.15) is 20.8 Å². The predicted octanol–water partition coefficient (Wildman–Crippen LogP) is 1.97. The lowest BCUT2D eigenvalue weighted by Crippen LogP contribution is -2.55. The summed E-state index contributed by atoms with van der Waals surface area (Å²) >= 11 is 5.87. The summed E-state index contributed by atoms with van der Waals surface area (Å²) in [5, 5.41) is 10.8. The van der Waals surface area contributed by atoms with Gasteiger partial charge in [0.25, 0.3) is 0 Å². The van der Waals surface area contributed by atoms with Gasteiger partial charge in [0.05, 0.1) is 5.60 Å². The second-order valence-corrected chi connectivity index (χ2v) is 5.52. The van der Waals surface area contributed by atoms with Gasteiger partial charge in [-0.3, -0.25) is 0 Å². The Bertz CT molecular complexity index is 396. The molecule has 0 radical (unpaired) electrons. The number of aromatic nitrogens is 2. The lowest BCUT2D eigenvalue weighted by Gasteiger charge is -2.46. The number of aliphatic hydroxyl groups is 1. The Kier molecular flexibility index (Phi) is 3.27. The van der Waals surface area contributed by atoms with E-state index in [0.717, 1.165) is 18.9 Å². The molecular formula is C12H18ClN3O. The van der Waals surface area contributed by atoms with E-state index in [9.17, 15) is 5.11 Å². The molecule has 0 aromatic carbocycles. The molecule has 1 N–H and O–H groups in total. The summed E-state index contributed by atoms with van der Waals surface area (Å²) in [7, 11) is 0. The maximum absolute atomic E-state index is 10.3. The molecule has 0 spiro atoms. The number of nitrogens with zero attached hydrogens (tertiary/aromatic N) is 3. The lowest BCUT2D eigenvalue weighted by molar-refractivity contribution is -0.0504. The van der Waals surface area contributed by atoms with Gasteiger partial charge in [0.1, 0.15) is 17.3 Å².